The van der Waals surface area contributed by atoms with E-state index < -0.39 is 0 Å². The van der Waals surface area contributed by atoms with Crippen molar-refractivity contribution in [3.8, 4) is 0 Å². The first-order valence-electron chi connectivity index (χ1n) is 4.31. The fourth-order valence-electron chi connectivity index (χ4n) is 0.925. The topological polar surface area (TPSA) is 70.9 Å². The van der Waals surface area contributed by atoms with E-state index in [0.717, 1.165) is 3.57 Å². The van der Waals surface area contributed by atoms with E-state index in [1.165, 1.54) is 0 Å². The van der Waals surface area contributed by atoms with Gasteiger partial charge >= 0.3 is 0 Å². The number of nitrogens with one attached hydrogen (secondary N) is 2. The summed E-state index contributed by atoms with van der Waals surface area (Å²) in [4.78, 5) is 14.5. The first kappa shape index (κ1) is 14.7. The Kier molecular flexibility index (Phi) is 5.61. The smallest absolute Gasteiger partial charge is 0.268 e. The van der Waals surface area contributed by atoms with Crippen molar-refractivity contribution in [2.75, 3.05) is 6.54 Å². The summed E-state index contributed by atoms with van der Waals surface area (Å²) in [7, 11) is 0. The number of rotatable bonds is 3. The van der Waals surface area contributed by atoms with Crippen LogP contribution >= 0.6 is 35.0 Å². The fourth-order valence-corrected chi connectivity index (χ4v) is 1.39. The lowest BCUT2D eigenvalue weighted by atomic mass is 10.1. The number of aromatic nitrogens is 1. The lowest BCUT2D eigenvalue weighted by Crippen LogP contribution is -2.48. The summed E-state index contributed by atoms with van der Waals surface area (Å²) in [6.45, 7) is 4.19. The first-order valence-corrected chi connectivity index (χ1v) is 5.39. The van der Waals surface area contributed by atoms with Gasteiger partial charge in [-0.3, -0.25) is 4.79 Å². The highest BCUT2D eigenvalue weighted by molar-refractivity contribution is 14.1. The van der Waals surface area contributed by atoms with Crippen LogP contribution < -0.4 is 11.1 Å². The Hall–Kier alpha value is -0.270. The Morgan fingerprint density at radius 1 is 1.67 bits per heavy atom. The summed E-state index contributed by atoms with van der Waals surface area (Å²) >= 11 is 2.14. The Morgan fingerprint density at radius 2 is 2.27 bits per heavy atom. The minimum Gasteiger partial charge on any atom is -0.356 e. The van der Waals surface area contributed by atoms with E-state index >= 15 is 0 Å². The molecular formula is C9H15ClIN3O. The molecule has 1 heterocycles. The molecule has 4 nitrogen and oxygen atoms in total. The summed E-state index contributed by atoms with van der Waals surface area (Å²) in [6.07, 6.45) is 1.78. The highest BCUT2D eigenvalue weighted by Crippen LogP contribution is 2.07. The number of carbonyl (C=O) groups is 1. The van der Waals surface area contributed by atoms with Crippen molar-refractivity contribution in [2.45, 2.75) is 19.4 Å². The van der Waals surface area contributed by atoms with Gasteiger partial charge in [0, 0.05) is 21.9 Å². The van der Waals surface area contributed by atoms with Crippen molar-refractivity contribution >= 4 is 40.9 Å². The predicted molar refractivity (Wildman–Crippen MR) is 71.4 cm³/mol. The predicted octanol–water partition coefficient (Wildman–Crippen LogP) is 1.51. The van der Waals surface area contributed by atoms with Crippen molar-refractivity contribution < 1.29 is 4.79 Å². The van der Waals surface area contributed by atoms with E-state index in [-0.39, 0.29) is 23.9 Å². The van der Waals surface area contributed by atoms with Crippen LogP contribution in [-0.4, -0.2) is 23.0 Å². The average molecular weight is 344 g/mol. The third-order valence-electron chi connectivity index (χ3n) is 1.85. The fraction of sp³-hybridized carbons (Fsp3) is 0.444. The van der Waals surface area contributed by atoms with Gasteiger partial charge in [0.15, 0.2) is 0 Å². The van der Waals surface area contributed by atoms with Gasteiger partial charge in [-0.15, -0.1) is 12.4 Å². The summed E-state index contributed by atoms with van der Waals surface area (Å²) in [5.41, 5.74) is 5.71. The summed E-state index contributed by atoms with van der Waals surface area (Å²) < 4.78 is 1.01. The average Bonchev–Trinajstić information content (AvgIpc) is 2.51. The lowest BCUT2D eigenvalue weighted by Gasteiger charge is -2.23. The van der Waals surface area contributed by atoms with E-state index in [4.69, 9.17) is 5.73 Å². The van der Waals surface area contributed by atoms with Gasteiger partial charge in [0.05, 0.1) is 0 Å². The molecule has 0 aromatic carbocycles. The molecule has 1 rings (SSSR count). The molecule has 1 amide bonds. The van der Waals surface area contributed by atoms with Crippen molar-refractivity contribution in [2.24, 2.45) is 5.73 Å². The molecule has 0 atom stereocenters. The third kappa shape index (κ3) is 4.40. The molecule has 86 valence electrons. The molecule has 0 saturated heterocycles. The van der Waals surface area contributed by atoms with E-state index in [1.807, 2.05) is 13.8 Å². The minimum absolute atomic E-state index is 0. The van der Waals surface area contributed by atoms with Gasteiger partial charge in [-0.05, 0) is 42.5 Å². The Morgan fingerprint density at radius 3 is 2.67 bits per heavy atom. The number of carbonyl (C=O) groups excluding carboxylic acids is 1. The number of H-pyrrole nitrogens is 1. The minimum atomic E-state index is -0.367. The second-order valence-corrected chi connectivity index (χ2v) is 5.02. The van der Waals surface area contributed by atoms with E-state index in [1.54, 1.807) is 12.3 Å². The van der Waals surface area contributed by atoms with Crippen LogP contribution in [0.2, 0.25) is 0 Å². The molecule has 0 saturated carbocycles. The molecule has 6 heteroatoms. The second kappa shape index (κ2) is 5.72. The maximum atomic E-state index is 11.6. The molecule has 4 N–H and O–H groups in total. The standard InChI is InChI=1S/C9H14IN3O.ClH/c1-9(2,5-11)13-8(14)7-3-6(10)4-12-7;/h3-4,12H,5,11H2,1-2H3,(H,13,14);1H. The highest BCUT2D eigenvalue weighted by Gasteiger charge is 2.19. The van der Waals surface area contributed by atoms with Gasteiger partial charge in [-0.2, -0.15) is 0 Å². The molecule has 0 unspecified atom stereocenters. The van der Waals surface area contributed by atoms with Crippen LogP contribution in [0.25, 0.3) is 0 Å². The zero-order chi connectivity index (χ0) is 10.8. The molecule has 0 spiro atoms. The van der Waals surface area contributed by atoms with Crippen LogP contribution in [0.15, 0.2) is 12.3 Å². The Labute approximate surface area is 109 Å². The Balaban J connectivity index is 0.00000196. The molecule has 15 heavy (non-hydrogen) atoms. The van der Waals surface area contributed by atoms with Gasteiger partial charge in [0.25, 0.3) is 5.91 Å². The van der Waals surface area contributed by atoms with Crippen molar-refractivity contribution in [3.63, 3.8) is 0 Å². The molecule has 1 aromatic rings. The monoisotopic (exact) mass is 343 g/mol. The van der Waals surface area contributed by atoms with E-state index in [0.29, 0.717) is 12.2 Å². The Bertz CT molecular complexity index is 338. The third-order valence-corrected chi connectivity index (χ3v) is 2.48. The van der Waals surface area contributed by atoms with Gasteiger partial charge in [0.2, 0.25) is 0 Å². The largest absolute Gasteiger partial charge is 0.356 e. The molecule has 0 fully saturated rings. The maximum absolute atomic E-state index is 11.6. The van der Waals surface area contributed by atoms with Gasteiger partial charge in [0.1, 0.15) is 5.69 Å². The van der Waals surface area contributed by atoms with Crippen LogP contribution in [0.1, 0.15) is 24.3 Å². The van der Waals surface area contributed by atoms with Crippen LogP contribution in [0, 0.1) is 3.57 Å². The van der Waals surface area contributed by atoms with Crippen LogP contribution in [0.5, 0.6) is 0 Å². The molecular weight excluding hydrogens is 328 g/mol. The number of nitrogens with two attached hydrogens (primary N) is 1. The highest BCUT2D eigenvalue weighted by atomic mass is 127. The van der Waals surface area contributed by atoms with Crippen molar-refractivity contribution in [3.05, 3.63) is 21.5 Å². The lowest BCUT2D eigenvalue weighted by molar-refractivity contribution is 0.0911. The first-order chi connectivity index (χ1) is 6.44. The SMILES string of the molecule is CC(C)(CN)NC(=O)c1cc(I)c[nH]1.Cl. The molecule has 0 radical (unpaired) electrons. The number of hydrogen-bond donors (Lipinski definition) is 3. The molecule has 0 aliphatic heterocycles. The van der Waals surface area contributed by atoms with Gasteiger partial charge < -0.3 is 16.0 Å². The number of aromatic amines is 1. The number of halogens is 2. The summed E-state index contributed by atoms with van der Waals surface area (Å²) in [6, 6.07) is 1.79. The van der Waals surface area contributed by atoms with Crippen LogP contribution in [0.4, 0.5) is 0 Å². The van der Waals surface area contributed by atoms with E-state index in [9.17, 15) is 4.79 Å². The normalized spacial score (nSPS) is 10.7. The number of amides is 1. The van der Waals surface area contributed by atoms with Crippen LogP contribution in [-0.2, 0) is 0 Å². The van der Waals surface area contributed by atoms with Crippen LogP contribution in [0.3, 0.4) is 0 Å². The van der Waals surface area contributed by atoms with Gasteiger partial charge in [-0.25, -0.2) is 0 Å². The summed E-state index contributed by atoms with van der Waals surface area (Å²) in [5.74, 6) is -0.122. The molecule has 0 bridgehead atoms. The molecule has 1 aromatic heterocycles. The number of hydrogen-bond acceptors (Lipinski definition) is 2. The summed E-state index contributed by atoms with van der Waals surface area (Å²) in [5, 5.41) is 2.84. The zero-order valence-electron chi connectivity index (χ0n) is 8.63. The zero-order valence-corrected chi connectivity index (χ0v) is 11.6. The maximum Gasteiger partial charge on any atom is 0.268 e. The van der Waals surface area contributed by atoms with E-state index in [2.05, 4.69) is 32.9 Å². The van der Waals surface area contributed by atoms with Gasteiger partial charge in [-0.1, -0.05) is 0 Å². The molecule has 0 aliphatic carbocycles. The van der Waals surface area contributed by atoms with Crippen molar-refractivity contribution in [1.82, 2.24) is 10.3 Å². The second-order valence-electron chi connectivity index (χ2n) is 3.77. The quantitative estimate of drug-likeness (QED) is 0.728. The van der Waals surface area contributed by atoms with Crippen molar-refractivity contribution in [1.29, 1.82) is 0 Å². The molecule has 0 aliphatic rings.